The first-order valence-electron chi connectivity index (χ1n) is 4.02. The molecule has 1 aromatic rings. The van der Waals surface area contributed by atoms with Crippen molar-refractivity contribution in [3.63, 3.8) is 0 Å². The molecule has 0 amide bonds. The van der Waals surface area contributed by atoms with Crippen molar-refractivity contribution in [1.82, 2.24) is 9.78 Å². The topological polar surface area (TPSA) is 34.9 Å². The van der Waals surface area contributed by atoms with Gasteiger partial charge in [-0.25, -0.2) is 8.78 Å². The number of halogens is 4. The molecule has 7 heteroatoms. The first kappa shape index (κ1) is 11.7. The smallest absolute Gasteiger partial charge is 0.298 e. The van der Waals surface area contributed by atoms with E-state index in [-0.39, 0.29) is 11.3 Å². The first-order chi connectivity index (χ1) is 6.86. The van der Waals surface area contributed by atoms with Gasteiger partial charge in [0, 0.05) is 6.20 Å². The van der Waals surface area contributed by atoms with E-state index in [1.807, 2.05) is 0 Å². The highest BCUT2D eigenvalue weighted by Crippen LogP contribution is 2.24. The lowest BCUT2D eigenvalue weighted by Crippen LogP contribution is -2.32. The van der Waals surface area contributed by atoms with Crippen molar-refractivity contribution in [2.75, 3.05) is 0 Å². The molecular formula is C8H8F4N2O. The molecule has 1 rings (SSSR count). The molecule has 0 radical (unpaired) electrons. The van der Waals surface area contributed by atoms with Gasteiger partial charge in [0.2, 0.25) is 0 Å². The Balaban J connectivity index is 2.85. The zero-order chi connectivity index (χ0) is 11.6. The maximum absolute atomic E-state index is 12.6. The van der Waals surface area contributed by atoms with E-state index in [2.05, 4.69) is 5.10 Å². The van der Waals surface area contributed by atoms with Gasteiger partial charge in [0.25, 0.3) is 0 Å². The molecule has 0 N–H and O–H groups in total. The standard InChI is InChI=1S/C8H8F4N2O/c1-5-6(3-15)2-14(13-5)4-8(11,12)7(9)10/h2-3,7H,4H2,1H3. The second-order valence-corrected chi connectivity index (χ2v) is 3.05. The molecule has 84 valence electrons. The Labute approximate surface area is 82.7 Å². The summed E-state index contributed by atoms with van der Waals surface area (Å²) in [6, 6.07) is 0. The molecule has 0 spiro atoms. The Kier molecular flexibility index (Phi) is 3.11. The molecule has 0 aliphatic carbocycles. The molecule has 0 saturated heterocycles. The van der Waals surface area contributed by atoms with Crippen LogP contribution in [0.5, 0.6) is 0 Å². The molecule has 0 bridgehead atoms. The van der Waals surface area contributed by atoms with Gasteiger partial charge in [-0.2, -0.15) is 13.9 Å². The van der Waals surface area contributed by atoms with Crippen LogP contribution in [0.2, 0.25) is 0 Å². The summed E-state index contributed by atoms with van der Waals surface area (Å²) in [6.07, 6.45) is -2.31. The molecule has 0 saturated carbocycles. The van der Waals surface area contributed by atoms with Crippen LogP contribution in [0.1, 0.15) is 16.1 Å². The van der Waals surface area contributed by atoms with Crippen molar-refractivity contribution < 1.29 is 22.4 Å². The van der Waals surface area contributed by atoms with E-state index in [1.165, 1.54) is 6.92 Å². The predicted molar refractivity (Wildman–Crippen MR) is 43.3 cm³/mol. The van der Waals surface area contributed by atoms with E-state index in [1.54, 1.807) is 0 Å². The number of alkyl halides is 4. The Morgan fingerprint density at radius 3 is 2.60 bits per heavy atom. The summed E-state index contributed by atoms with van der Waals surface area (Å²) in [4.78, 5) is 10.4. The van der Waals surface area contributed by atoms with Gasteiger partial charge in [-0.05, 0) is 6.92 Å². The number of aromatic nitrogens is 2. The van der Waals surface area contributed by atoms with Crippen LogP contribution in [-0.2, 0) is 6.54 Å². The lowest BCUT2D eigenvalue weighted by Gasteiger charge is -2.14. The summed E-state index contributed by atoms with van der Waals surface area (Å²) in [7, 11) is 0. The van der Waals surface area contributed by atoms with E-state index in [0.29, 0.717) is 11.0 Å². The average Bonchev–Trinajstić information content (AvgIpc) is 2.44. The Hall–Kier alpha value is -1.40. The van der Waals surface area contributed by atoms with Crippen molar-refractivity contribution in [2.45, 2.75) is 25.8 Å². The molecule has 3 nitrogen and oxygen atoms in total. The normalized spacial score (nSPS) is 12.1. The van der Waals surface area contributed by atoms with Gasteiger partial charge >= 0.3 is 12.3 Å². The number of hydrogen-bond donors (Lipinski definition) is 0. The summed E-state index contributed by atoms with van der Waals surface area (Å²) >= 11 is 0. The SMILES string of the molecule is Cc1nn(CC(F)(F)C(F)F)cc1C=O. The molecule has 1 heterocycles. The number of hydrogen-bond acceptors (Lipinski definition) is 2. The fraction of sp³-hybridized carbons (Fsp3) is 0.500. The van der Waals surface area contributed by atoms with Gasteiger partial charge < -0.3 is 0 Å². The quantitative estimate of drug-likeness (QED) is 0.578. The second kappa shape index (κ2) is 4.00. The highest BCUT2D eigenvalue weighted by atomic mass is 19.3. The summed E-state index contributed by atoms with van der Waals surface area (Å²) in [5.41, 5.74) is 0.343. The Bertz CT molecular complexity index is 362. The predicted octanol–water partition coefficient (Wildman–Crippen LogP) is 1.90. The second-order valence-electron chi connectivity index (χ2n) is 3.05. The van der Waals surface area contributed by atoms with Gasteiger partial charge in [0.15, 0.2) is 6.29 Å². The number of nitrogens with zero attached hydrogens (tertiary/aromatic N) is 2. The zero-order valence-corrected chi connectivity index (χ0v) is 7.75. The summed E-state index contributed by atoms with van der Waals surface area (Å²) < 4.78 is 49.5. The maximum Gasteiger partial charge on any atom is 0.326 e. The summed E-state index contributed by atoms with van der Waals surface area (Å²) in [5.74, 6) is -4.14. The molecule has 0 aliphatic heterocycles. The third-order valence-electron chi connectivity index (χ3n) is 1.80. The van der Waals surface area contributed by atoms with Crippen LogP contribution in [-0.4, -0.2) is 28.4 Å². The van der Waals surface area contributed by atoms with Crippen LogP contribution in [0.3, 0.4) is 0 Å². The lowest BCUT2D eigenvalue weighted by atomic mass is 10.3. The van der Waals surface area contributed by atoms with Crippen molar-refractivity contribution in [3.8, 4) is 0 Å². The van der Waals surface area contributed by atoms with Gasteiger partial charge in [0.05, 0.1) is 11.3 Å². The number of aldehydes is 1. The average molecular weight is 224 g/mol. The van der Waals surface area contributed by atoms with Gasteiger partial charge in [-0.15, -0.1) is 0 Å². The number of carbonyl (C=O) groups is 1. The van der Waals surface area contributed by atoms with E-state index >= 15 is 0 Å². The van der Waals surface area contributed by atoms with E-state index in [0.717, 1.165) is 6.20 Å². The number of aryl methyl sites for hydroxylation is 1. The minimum Gasteiger partial charge on any atom is -0.298 e. The summed E-state index contributed by atoms with van der Waals surface area (Å²) in [5, 5.41) is 3.52. The van der Waals surface area contributed by atoms with Gasteiger partial charge in [-0.1, -0.05) is 0 Å². The molecule has 0 unspecified atom stereocenters. The minimum absolute atomic E-state index is 0.111. The van der Waals surface area contributed by atoms with Gasteiger partial charge in [-0.3, -0.25) is 9.48 Å². The Morgan fingerprint density at radius 1 is 1.60 bits per heavy atom. The van der Waals surface area contributed by atoms with Crippen LogP contribution >= 0.6 is 0 Å². The van der Waals surface area contributed by atoms with Crippen LogP contribution in [0.15, 0.2) is 6.20 Å². The summed E-state index contributed by atoms with van der Waals surface area (Å²) in [6.45, 7) is 0.195. The maximum atomic E-state index is 12.6. The van der Waals surface area contributed by atoms with Crippen molar-refractivity contribution in [1.29, 1.82) is 0 Å². The zero-order valence-electron chi connectivity index (χ0n) is 7.75. The molecule has 0 atom stereocenters. The van der Waals surface area contributed by atoms with Gasteiger partial charge in [0.1, 0.15) is 6.54 Å². The molecular weight excluding hydrogens is 216 g/mol. The first-order valence-corrected chi connectivity index (χ1v) is 4.02. The largest absolute Gasteiger partial charge is 0.326 e. The third kappa shape index (κ3) is 2.54. The van der Waals surface area contributed by atoms with Crippen LogP contribution in [0.25, 0.3) is 0 Å². The third-order valence-corrected chi connectivity index (χ3v) is 1.80. The number of rotatable bonds is 4. The molecule has 0 aromatic carbocycles. The van der Waals surface area contributed by atoms with E-state index < -0.39 is 18.9 Å². The highest BCUT2D eigenvalue weighted by molar-refractivity contribution is 5.75. The monoisotopic (exact) mass is 224 g/mol. The fourth-order valence-electron chi connectivity index (χ4n) is 1.01. The van der Waals surface area contributed by atoms with Crippen LogP contribution < -0.4 is 0 Å². The van der Waals surface area contributed by atoms with Crippen molar-refractivity contribution >= 4 is 6.29 Å². The molecule has 0 aliphatic rings. The van der Waals surface area contributed by atoms with E-state index in [4.69, 9.17) is 0 Å². The fourth-order valence-corrected chi connectivity index (χ4v) is 1.01. The van der Waals surface area contributed by atoms with Crippen LogP contribution in [0, 0.1) is 6.92 Å². The van der Waals surface area contributed by atoms with Crippen molar-refractivity contribution in [3.05, 3.63) is 17.5 Å². The minimum atomic E-state index is -4.14. The van der Waals surface area contributed by atoms with Crippen LogP contribution in [0.4, 0.5) is 17.6 Å². The van der Waals surface area contributed by atoms with E-state index in [9.17, 15) is 22.4 Å². The van der Waals surface area contributed by atoms with Crippen molar-refractivity contribution in [2.24, 2.45) is 0 Å². The molecule has 1 aromatic heterocycles. The lowest BCUT2D eigenvalue weighted by molar-refractivity contribution is -0.139. The molecule has 15 heavy (non-hydrogen) atoms. The molecule has 0 fully saturated rings. The number of carbonyl (C=O) groups excluding carboxylic acids is 1. The Morgan fingerprint density at radius 2 is 2.20 bits per heavy atom. The highest BCUT2D eigenvalue weighted by Gasteiger charge is 2.41.